The molecular formula is C12H21N5. The van der Waals surface area contributed by atoms with E-state index in [1.807, 2.05) is 20.0 Å². The Labute approximate surface area is 102 Å². The van der Waals surface area contributed by atoms with Gasteiger partial charge in [-0.1, -0.05) is 0 Å². The number of nitrogens with one attached hydrogen (secondary N) is 1. The fraction of sp³-hybridized carbons (Fsp3) is 0.667. The molecule has 1 aliphatic rings. The van der Waals surface area contributed by atoms with Crippen molar-refractivity contribution in [3.05, 3.63) is 11.9 Å². The van der Waals surface area contributed by atoms with Crippen LogP contribution in [0.5, 0.6) is 0 Å². The lowest BCUT2D eigenvalue weighted by Gasteiger charge is -2.18. The van der Waals surface area contributed by atoms with Crippen molar-refractivity contribution in [3.8, 4) is 0 Å². The molecule has 1 atom stereocenters. The van der Waals surface area contributed by atoms with Gasteiger partial charge in [0.2, 0.25) is 0 Å². The van der Waals surface area contributed by atoms with Crippen molar-refractivity contribution in [2.24, 2.45) is 11.7 Å². The van der Waals surface area contributed by atoms with Gasteiger partial charge in [0.05, 0.1) is 0 Å². The maximum absolute atomic E-state index is 5.61. The quantitative estimate of drug-likeness (QED) is 0.815. The number of aromatic nitrogens is 2. The SMILES string of the molecule is CNc1cc(N2CCC(CCN)C2)nc(C)n1. The second-order valence-electron chi connectivity index (χ2n) is 4.59. The molecule has 0 saturated carbocycles. The highest BCUT2D eigenvalue weighted by molar-refractivity contribution is 5.49. The van der Waals surface area contributed by atoms with Crippen LogP contribution < -0.4 is 16.0 Å². The second kappa shape index (κ2) is 5.31. The molecule has 1 aliphatic heterocycles. The zero-order valence-corrected chi connectivity index (χ0v) is 10.6. The summed E-state index contributed by atoms with van der Waals surface area (Å²) in [4.78, 5) is 11.1. The molecular weight excluding hydrogens is 214 g/mol. The van der Waals surface area contributed by atoms with Gasteiger partial charge in [0.1, 0.15) is 17.5 Å². The molecule has 0 radical (unpaired) electrons. The van der Waals surface area contributed by atoms with Crippen LogP contribution in [0.2, 0.25) is 0 Å². The summed E-state index contributed by atoms with van der Waals surface area (Å²) in [5, 5.41) is 3.07. The van der Waals surface area contributed by atoms with Gasteiger partial charge in [0.25, 0.3) is 0 Å². The molecule has 0 spiro atoms. The molecule has 5 heteroatoms. The second-order valence-corrected chi connectivity index (χ2v) is 4.59. The van der Waals surface area contributed by atoms with Crippen molar-refractivity contribution in [2.75, 3.05) is 36.9 Å². The minimum Gasteiger partial charge on any atom is -0.373 e. The molecule has 2 rings (SSSR count). The molecule has 0 aromatic carbocycles. The Balaban J connectivity index is 2.10. The van der Waals surface area contributed by atoms with Crippen molar-refractivity contribution in [1.82, 2.24) is 9.97 Å². The third-order valence-electron chi connectivity index (χ3n) is 3.27. The number of hydrogen-bond acceptors (Lipinski definition) is 5. The van der Waals surface area contributed by atoms with Gasteiger partial charge in [-0.2, -0.15) is 0 Å². The molecule has 3 N–H and O–H groups in total. The molecule has 1 fully saturated rings. The Bertz CT molecular complexity index is 379. The van der Waals surface area contributed by atoms with Crippen LogP contribution in [-0.4, -0.2) is 36.6 Å². The third kappa shape index (κ3) is 2.85. The van der Waals surface area contributed by atoms with E-state index in [0.717, 1.165) is 43.5 Å². The number of nitrogens with zero attached hydrogens (tertiary/aromatic N) is 3. The lowest BCUT2D eigenvalue weighted by atomic mass is 10.1. The van der Waals surface area contributed by atoms with Crippen molar-refractivity contribution in [2.45, 2.75) is 19.8 Å². The summed E-state index contributed by atoms with van der Waals surface area (Å²) in [6.07, 6.45) is 2.33. The highest BCUT2D eigenvalue weighted by atomic mass is 15.2. The topological polar surface area (TPSA) is 67.1 Å². The highest BCUT2D eigenvalue weighted by Crippen LogP contribution is 2.25. The predicted molar refractivity (Wildman–Crippen MR) is 70.3 cm³/mol. The minimum atomic E-state index is 0.716. The summed E-state index contributed by atoms with van der Waals surface area (Å²) in [5.74, 6) is 3.44. The summed E-state index contributed by atoms with van der Waals surface area (Å²) >= 11 is 0. The van der Waals surface area contributed by atoms with Gasteiger partial charge in [-0.15, -0.1) is 0 Å². The molecule has 94 valence electrons. The first-order valence-corrected chi connectivity index (χ1v) is 6.21. The highest BCUT2D eigenvalue weighted by Gasteiger charge is 2.23. The Hall–Kier alpha value is -1.36. The molecule has 0 amide bonds. The molecule has 1 aromatic rings. The minimum absolute atomic E-state index is 0.716. The lowest BCUT2D eigenvalue weighted by Crippen LogP contribution is -2.22. The van der Waals surface area contributed by atoms with E-state index in [2.05, 4.69) is 20.2 Å². The van der Waals surface area contributed by atoms with E-state index in [0.29, 0.717) is 5.92 Å². The summed E-state index contributed by atoms with van der Waals surface area (Å²) in [6.45, 7) is 4.85. The molecule has 5 nitrogen and oxygen atoms in total. The maximum Gasteiger partial charge on any atom is 0.134 e. The van der Waals surface area contributed by atoms with Crippen LogP contribution in [0.25, 0.3) is 0 Å². The average molecular weight is 235 g/mol. The fourth-order valence-electron chi connectivity index (χ4n) is 2.35. The zero-order valence-electron chi connectivity index (χ0n) is 10.6. The van der Waals surface area contributed by atoms with E-state index in [1.165, 1.54) is 6.42 Å². The van der Waals surface area contributed by atoms with Crippen LogP contribution in [0.4, 0.5) is 11.6 Å². The van der Waals surface area contributed by atoms with E-state index >= 15 is 0 Å². The van der Waals surface area contributed by atoms with Gasteiger partial charge in [-0.25, -0.2) is 9.97 Å². The molecule has 1 saturated heterocycles. The smallest absolute Gasteiger partial charge is 0.134 e. The van der Waals surface area contributed by atoms with E-state index in [-0.39, 0.29) is 0 Å². The predicted octanol–water partition coefficient (Wildman–Crippen LogP) is 1.00. The number of hydrogen-bond donors (Lipinski definition) is 2. The molecule has 0 bridgehead atoms. The monoisotopic (exact) mass is 235 g/mol. The average Bonchev–Trinajstić information content (AvgIpc) is 2.77. The number of nitrogens with two attached hydrogens (primary N) is 1. The van der Waals surface area contributed by atoms with Gasteiger partial charge >= 0.3 is 0 Å². The van der Waals surface area contributed by atoms with E-state index in [9.17, 15) is 0 Å². The molecule has 1 aromatic heterocycles. The number of anilines is 2. The summed E-state index contributed by atoms with van der Waals surface area (Å²) < 4.78 is 0. The Kier molecular flexibility index (Phi) is 3.78. The first-order chi connectivity index (χ1) is 8.22. The van der Waals surface area contributed by atoms with Crippen molar-refractivity contribution in [1.29, 1.82) is 0 Å². The number of aryl methyl sites for hydroxylation is 1. The normalized spacial score (nSPS) is 19.7. The Morgan fingerprint density at radius 1 is 1.53 bits per heavy atom. The zero-order chi connectivity index (χ0) is 12.3. The van der Waals surface area contributed by atoms with E-state index in [1.54, 1.807) is 0 Å². The summed E-state index contributed by atoms with van der Waals surface area (Å²) in [7, 11) is 1.88. The van der Waals surface area contributed by atoms with Crippen LogP contribution in [0, 0.1) is 12.8 Å². The standard InChI is InChI=1S/C12H21N5/c1-9-15-11(14-2)7-12(16-9)17-6-4-10(8-17)3-5-13/h7,10H,3-6,8,13H2,1-2H3,(H,14,15,16). The van der Waals surface area contributed by atoms with Crippen molar-refractivity contribution < 1.29 is 0 Å². The largest absolute Gasteiger partial charge is 0.373 e. The van der Waals surface area contributed by atoms with Gasteiger partial charge in [0, 0.05) is 26.2 Å². The van der Waals surface area contributed by atoms with E-state index < -0.39 is 0 Å². The van der Waals surface area contributed by atoms with Gasteiger partial charge in [-0.3, -0.25) is 0 Å². The van der Waals surface area contributed by atoms with Gasteiger partial charge in [0.15, 0.2) is 0 Å². The van der Waals surface area contributed by atoms with E-state index in [4.69, 9.17) is 5.73 Å². The van der Waals surface area contributed by atoms with Crippen LogP contribution in [0.15, 0.2) is 6.07 Å². The van der Waals surface area contributed by atoms with Crippen LogP contribution in [0.3, 0.4) is 0 Å². The Morgan fingerprint density at radius 2 is 2.35 bits per heavy atom. The third-order valence-corrected chi connectivity index (χ3v) is 3.27. The maximum atomic E-state index is 5.61. The first kappa shape index (κ1) is 12.1. The van der Waals surface area contributed by atoms with Crippen molar-refractivity contribution in [3.63, 3.8) is 0 Å². The Morgan fingerprint density at radius 3 is 3.06 bits per heavy atom. The molecule has 17 heavy (non-hydrogen) atoms. The molecule has 0 aliphatic carbocycles. The van der Waals surface area contributed by atoms with Crippen LogP contribution in [-0.2, 0) is 0 Å². The summed E-state index contributed by atoms with van der Waals surface area (Å²) in [5.41, 5.74) is 5.61. The molecule has 1 unspecified atom stereocenters. The van der Waals surface area contributed by atoms with Crippen LogP contribution in [0.1, 0.15) is 18.7 Å². The molecule has 2 heterocycles. The number of rotatable bonds is 4. The lowest BCUT2D eigenvalue weighted by molar-refractivity contribution is 0.546. The van der Waals surface area contributed by atoms with Gasteiger partial charge < -0.3 is 16.0 Å². The van der Waals surface area contributed by atoms with Crippen LogP contribution >= 0.6 is 0 Å². The van der Waals surface area contributed by atoms with Crippen molar-refractivity contribution >= 4 is 11.6 Å². The van der Waals surface area contributed by atoms with Gasteiger partial charge in [-0.05, 0) is 32.2 Å². The summed E-state index contributed by atoms with van der Waals surface area (Å²) in [6, 6.07) is 2.01. The fourth-order valence-corrected chi connectivity index (χ4v) is 2.35. The first-order valence-electron chi connectivity index (χ1n) is 6.21.